The smallest absolute Gasteiger partial charge is 0.223 e. The van der Waals surface area contributed by atoms with E-state index in [4.69, 9.17) is 5.73 Å². The number of carbonyl (C=O) groups excluding carboxylic acids is 2. The summed E-state index contributed by atoms with van der Waals surface area (Å²) in [4.78, 5) is 26.4. The summed E-state index contributed by atoms with van der Waals surface area (Å²) in [6.07, 6.45) is 4.71. The van der Waals surface area contributed by atoms with E-state index >= 15 is 0 Å². The van der Waals surface area contributed by atoms with Gasteiger partial charge in [-0.2, -0.15) is 0 Å². The highest BCUT2D eigenvalue weighted by atomic mass is 35.5. The Labute approximate surface area is 175 Å². The Balaban J connectivity index is 0.00000392. The summed E-state index contributed by atoms with van der Waals surface area (Å²) in [5, 5.41) is 2.92. The lowest BCUT2D eigenvalue weighted by Crippen LogP contribution is -2.49. The predicted octanol–water partition coefficient (Wildman–Crippen LogP) is 3.18. The van der Waals surface area contributed by atoms with Gasteiger partial charge in [-0.05, 0) is 42.2 Å². The number of nitrogens with one attached hydrogen (secondary N) is 1. The molecule has 1 aliphatic rings. The van der Waals surface area contributed by atoms with Gasteiger partial charge in [-0.1, -0.05) is 45.0 Å². The second-order valence-electron chi connectivity index (χ2n) is 8.53. The van der Waals surface area contributed by atoms with Crippen LogP contribution in [-0.2, 0) is 21.4 Å². The molecule has 0 bridgehead atoms. The van der Waals surface area contributed by atoms with Gasteiger partial charge in [0.25, 0.3) is 0 Å². The molecule has 2 rings (SSSR count). The lowest BCUT2D eigenvalue weighted by atomic mass is 9.86. The molecule has 2 amide bonds. The van der Waals surface area contributed by atoms with Crippen molar-refractivity contribution in [2.75, 3.05) is 19.6 Å². The number of nitrogens with zero attached hydrogens (tertiary/aromatic N) is 1. The molecular formula is C22H36ClN3O2. The number of likely N-dealkylation sites (tertiary alicyclic amines) is 1. The highest BCUT2D eigenvalue weighted by Gasteiger charge is 2.26. The van der Waals surface area contributed by atoms with Gasteiger partial charge >= 0.3 is 0 Å². The molecule has 5 nitrogen and oxygen atoms in total. The van der Waals surface area contributed by atoms with E-state index in [1.54, 1.807) is 0 Å². The van der Waals surface area contributed by atoms with Crippen LogP contribution >= 0.6 is 12.4 Å². The van der Waals surface area contributed by atoms with Crippen LogP contribution < -0.4 is 11.1 Å². The van der Waals surface area contributed by atoms with Crippen LogP contribution in [0.3, 0.4) is 0 Å². The molecular weight excluding hydrogens is 374 g/mol. The molecule has 1 atom stereocenters. The second kappa shape index (κ2) is 11.4. The van der Waals surface area contributed by atoms with Gasteiger partial charge in [-0.25, -0.2) is 0 Å². The van der Waals surface area contributed by atoms with E-state index in [1.807, 2.05) is 4.90 Å². The first-order valence-electron chi connectivity index (χ1n) is 10.2. The topological polar surface area (TPSA) is 75.4 Å². The molecule has 6 heteroatoms. The van der Waals surface area contributed by atoms with Gasteiger partial charge in [-0.15, -0.1) is 12.4 Å². The first-order chi connectivity index (χ1) is 12.8. The van der Waals surface area contributed by atoms with E-state index in [1.165, 1.54) is 11.1 Å². The third kappa shape index (κ3) is 7.44. The molecule has 158 valence electrons. The Bertz CT molecular complexity index is 626. The lowest BCUT2D eigenvalue weighted by molar-refractivity contribution is -0.135. The number of piperidine rings is 1. The monoisotopic (exact) mass is 409 g/mol. The Morgan fingerprint density at radius 1 is 1.14 bits per heavy atom. The molecule has 0 radical (unpaired) electrons. The molecule has 1 heterocycles. The van der Waals surface area contributed by atoms with E-state index in [-0.39, 0.29) is 35.7 Å². The fraction of sp³-hybridized carbons (Fsp3) is 0.636. The van der Waals surface area contributed by atoms with Crippen molar-refractivity contribution in [3.05, 3.63) is 35.4 Å². The van der Waals surface area contributed by atoms with Crippen molar-refractivity contribution in [2.45, 2.75) is 70.8 Å². The first kappa shape index (κ1) is 24.4. The number of hydrogen-bond acceptors (Lipinski definition) is 3. The molecule has 28 heavy (non-hydrogen) atoms. The van der Waals surface area contributed by atoms with Crippen molar-refractivity contribution >= 4 is 24.2 Å². The highest BCUT2D eigenvalue weighted by Crippen LogP contribution is 2.23. The summed E-state index contributed by atoms with van der Waals surface area (Å²) >= 11 is 0. The van der Waals surface area contributed by atoms with Crippen LogP contribution in [0.25, 0.3) is 0 Å². The van der Waals surface area contributed by atoms with E-state index in [9.17, 15) is 9.59 Å². The maximum atomic E-state index is 12.8. The zero-order valence-corrected chi connectivity index (χ0v) is 18.3. The molecule has 1 aromatic rings. The summed E-state index contributed by atoms with van der Waals surface area (Å²) < 4.78 is 0. The Morgan fingerprint density at radius 2 is 1.82 bits per heavy atom. The van der Waals surface area contributed by atoms with Crippen molar-refractivity contribution < 1.29 is 9.59 Å². The van der Waals surface area contributed by atoms with Crippen molar-refractivity contribution in [1.82, 2.24) is 10.2 Å². The molecule has 0 saturated carbocycles. The zero-order valence-electron chi connectivity index (χ0n) is 17.5. The Morgan fingerprint density at radius 3 is 2.43 bits per heavy atom. The van der Waals surface area contributed by atoms with Gasteiger partial charge in [0.2, 0.25) is 11.8 Å². The van der Waals surface area contributed by atoms with Crippen molar-refractivity contribution in [3.8, 4) is 0 Å². The second-order valence-corrected chi connectivity index (χ2v) is 8.53. The normalized spacial score (nSPS) is 17.0. The molecule has 0 aromatic heterocycles. The Hall–Kier alpha value is -1.59. The highest BCUT2D eigenvalue weighted by molar-refractivity contribution is 5.85. The van der Waals surface area contributed by atoms with Crippen LogP contribution in [0.2, 0.25) is 0 Å². The summed E-state index contributed by atoms with van der Waals surface area (Å²) in [5.74, 6) is 0.155. The molecule has 1 fully saturated rings. The number of hydrogen-bond donors (Lipinski definition) is 2. The fourth-order valence-corrected chi connectivity index (χ4v) is 3.56. The third-order valence-electron chi connectivity index (χ3n) is 5.30. The average Bonchev–Trinajstić information content (AvgIpc) is 2.64. The van der Waals surface area contributed by atoms with Gasteiger partial charge in [0.15, 0.2) is 0 Å². The van der Waals surface area contributed by atoms with Crippen LogP contribution in [0.1, 0.15) is 64.0 Å². The fourth-order valence-electron chi connectivity index (χ4n) is 3.56. The molecule has 0 spiro atoms. The minimum atomic E-state index is -0.0330. The summed E-state index contributed by atoms with van der Waals surface area (Å²) in [6, 6.07) is 8.70. The number of nitrogens with two attached hydrogens (primary N) is 1. The Kier molecular flexibility index (Phi) is 9.97. The third-order valence-corrected chi connectivity index (χ3v) is 5.30. The number of halogens is 1. The molecule has 1 unspecified atom stereocenters. The lowest BCUT2D eigenvalue weighted by Gasteiger charge is -2.36. The van der Waals surface area contributed by atoms with E-state index < -0.39 is 0 Å². The van der Waals surface area contributed by atoms with Gasteiger partial charge in [-0.3, -0.25) is 9.59 Å². The number of carbonyl (C=O) groups is 2. The van der Waals surface area contributed by atoms with Crippen LogP contribution in [-0.4, -0.2) is 42.4 Å². The zero-order chi connectivity index (χ0) is 19.9. The largest absolute Gasteiger partial charge is 0.354 e. The summed E-state index contributed by atoms with van der Waals surface area (Å²) in [6.45, 7) is 8.29. The summed E-state index contributed by atoms with van der Waals surface area (Å²) in [5.41, 5.74) is 8.06. The molecule has 1 saturated heterocycles. The van der Waals surface area contributed by atoms with Crippen LogP contribution in [0.4, 0.5) is 0 Å². The van der Waals surface area contributed by atoms with Gasteiger partial charge in [0.1, 0.15) is 0 Å². The average molecular weight is 410 g/mol. The van der Waals surface area contributed by atoms with Crippen molar-refractivity contribution in [3.63, 3.8) is 0 Å². The van der Waals surface area contributed by atoms with Crippen LogP contribution in [0.15, 0.2) is 24.3 Å². The van der Waals surface area contributed by atoms with Crippen molar-refractivity contribution in [2.24, 2.45) is 5.73 Å². The molecule has 3 N–H and O–H groups in total. The number of aryl methyl sites for hydroxylation is 1. The molecule has 0 aliphatic carbocycles. The van der Waals surface area contributed by atoms with Gasteiger partial charge < -0.3 is 16.0 Å². The predicted molar refractivity (Wildman–Crippen MR) is 117 cm³/mol. The first-order valence-corrected chi connectivity index (χ1v) is 10.2. The molecule has 1 aromatic carbocycles. The van der Waals surface area contributed by atoms with Crippen LogP contribution in [0.5, 0.6) is 0 Å². The summed E-state index contributed by atoms with van der Waals surface area (Å²) in [7, 11) is 0. The van der Waals surface area contributed by atoms with E-state index in [0.29, 0.717) is 25.9 Å². The maximum absolute atomic E-state index is 12.8. The minimum absolute atomic E-state index is 0. The minimum Gasteiger partial charge on any atom is -0.354 e. The van der Waals surface area contributed by atoms with Gasteiger partial charge in [0, 0.05) is 38.5 Å². The van der Waals surface area contributed by atoms with Crippen molar-refractivity contribution in [1.29, 1.82) is 0 Å². The standard InChI is InChI=1S/C22H35N3O2.ClH/c1-22(2,3)18-10-7-17(8-11-18)9-12-21(27)25-15-5-4-6-19(25)16-24-20(26)13-14-23;/h7-8,10-11,19H,4-6,9,12-16,23H2,1-3H3,(H,24,26);1H. The SMILES string of the molecule is CC(C)(C)c1ccc(CCC(=O)N2CCCCC2CNC(=O)CCN)cc1.Cl. The van der Waals surface area contributed by atoms with Gasteiger partial charge in [0.05, 0.1) is 0 Å². The van der Waals surface area contributed by atoms with Crippen LogP contribution in [0, 0.1) is 0 Å². The van der Waals surface area contributed by atoms with E-state index in [0.717, 1.165) is 32.2 Å². The number of amides is 2. The maximum Gasteiger partial charge on any atom is 0.223 e. The number of rotatable bonds is 7. The molecule has 1 aliphatic heterocycles. The quantitative estimate of drug-likeness (QED) is 0.726. The van der Waals surface area contributed by atoms with E-state index in [2.05, 4.69) is 50.4 Å². The number of benzene rings is 1.